The first kappa shape index (κ1) is 13.2. The maximum absolute atomic E-state index is 5.86. The second kappa shape index (κ2) is 5.68. The first-order chi connectivity index (χ1) is 9.72. The number of nitrogens with zero attached hydrogens (tertiary/aromatic N) is 1. The van der Waals surface area contributed by atoms with Gasteiger partial charge in [0.2, 0.25) is 0 Å². The highest BCUT2D eigenvalue weighted by Crippen LogP contribution is 2.26. The molecule has 0 radical (unpaired) electrons. The minimum Gasteiger partial charge on any atom is -0.399 e. The Bertz CT molecular complexity index is 577. The van der Waals surface area contributed by atoms with Crippen molar-refractivity contribution in [3.05, 3.63) is 65.2 Å². The van der Waals surface area contributed by atoms with Crippen LogP contribution in [0.25, 0.3) is 0 Å². The summed E-state index contributed by atoms with van der Waals surface area (Å²) in [4.78, 5) is 2.52. The van der Waals surface area contributed by atoms with Crippen LogP contribution in [0.3, 0.4) is 0 Å². The molecular formula is C18H22N2. The van der Waals surface area contributed by atoms with E-state index < -0.39 is 0 Å². The van der Waals surface area contributed by atoms with Gasteiger partial charge in [-0.3, -0.25) is 4.90 Å². The first-order valence-electron chi connectivity index (χ1n) is 7.37. The summed E-state index contributed by atoms with van der Waals surface area (Å²) in [5.41, 5.74) is 11.0. The maximum atomic E-state index is 5.86. The van der Waals surface area contributed by atoms with Crippen LogP contribution in [0.5, 0.6) is 0 Å². The van der Waals surface area contributed by atoms with E-state index in [0.717, 1.165) is 25.3 Å². The minimum atomic E-state index is 0.616. The fraction of sp³-hybridized carbons (Fsp3) is 0.333. The van der Waals surface area contributed by atoms with Crippen molar-refractivity contribution < 1.29 is 0 Å². The number of nitrogen functional groups attached to an aromatic ring is 1. The van der Waals surface area contributed by atoms with Crippen molar-refractivity contribution in [2.45, 2.75) is 32.4 Å². The lowest BCUT2D eigenvalue weighted by Crippen LogP contribution is -2.19. The number of hydrogen-bond donors (Lipinski definition) is 1. The van der Waals surface area contributed by atoms with E-state index in [2.05, 4.69) is 54.3 Å². The Morgan fingerprint density at radius 3 is 2.60 bits per heavy atom. The second-order valence-electron chi connectivity index (χ2n) is 5.84. The number of hydrogen-bond acceptors (Lipinski definition) is 2. The van der Waals surface area contributed by atoms with Gasteiger partial charge in [-0.15, -0.1) is 0 Å². The van der Waals surface area contributed by atoms with Crippen molar-refractivity contribution in [3.8, 4) is 0 Å². The quantitative estimate of drug-likeness (QED) is 0.853. The van der Waals surface area contributed by atoms with Crippen LogP contribution in [-0.4, -0.2) is 11.4 Å². The number of anilines is 1. The number of fused-ring (bicyclic) bond motifs is 1. The van der Waals surface area contributed by atoms with Crippen molar-refractivity contribution in [2.75, 3.05) is 12.3 Å². The van der Waals surface area contributed by atoms with E-state index in [4.69, 9.17) is 5.73 Å². The van der Waals surface area contributed by atoms with Gasteiger partial charge in [-0.1, -0.05) is 43.3 Å². The summed E-state index contributed by atoms with van der Waals surface area (Å²) in [6.07, 6.45) is 1.20. The smallest absolute Gasteiger partial charge is 0.0317 e. The average Bonchev–Trinajstić information content (AvgIpc) is 2.87. The molecule has 0 spiro atoms. The van der Waals surface area contributed by atoms with Gasteiger partial charge in [-0.05, 0) is 47.7 Å². The molecule has 2 aromatic rings. The molecule has 2 N–H and O–H groups in total. The lowest BCUT2D eigenvalue weighted by Gasteiger charge is -2.18. The molecular weight excluding hydrogens is 244 g/mol. The third-order valence-electron chi connectivity index (χ3n) is 4.27. The zero-order chi connectivity index (χ0) is 13.9. The summed E-state index contributed by atoms with van der Waals surface area (Å²) < 4.78 is 0. The number of benzene rings is 2. The van der Waals surface area contributed by atoms with Crippen molar-refractivity contribution in [2.24, 2.45) is 0 Å². The maximum Gasteiger partial charge on any atom is 0.0317 e. The van der Waals surface area contributed by atoms with Gasteiger partial charge in [0.15, 0.2) is 0 Å². The monoisotopic (exact) mass is 266 g/mol. The number of nitrogens with two attached hydrogens (primary N) is 1. The molecule has 1 atom stereocenters. The average molecular weight is 266 g/mol. The van der Waals surface area contributed by atoms with Crippen LogP contribution in [0.15, 0.2) is 48.5 Å². The minimum absolute atomic E-state index is 0.616. The SMILES string of the molecule is CC(CCN1Cc2ccc(N)cc2C1)c1ccccc1. The summed E-state index contributed by atoms with van der Waals surface area (Å²) in [6, 6.07) is 17.1. The van der Waals surface area contributed by atoms with E-state index in [1.807, 2.05) is 6.07 Å². The van der Waals surface area contributed by atoms with Gasteiger partial charge in [-0.2, -0.15) is 0 Å². The van der Waals surface area contributed by atoms with Crippen LogP contribution in [0, 0.1) is 0 Å². The Kier molecular flexibility index (Phi) is 3.75. The van der Waals surface area contributed by atoms with Gasteiger partial charge < -0.3 is 5.73 Å². The molecule has 1 aliphatic heterocycles. The molecule has 2 aromatic carbocycles. The molecule has 2 heteroatoms. The molecule has 1 heterocycles. The van der Waals surface area contributed by atoms with E-state index in [1.54, 1.807) is 0 Å². The van der Waals surface area contributed by atoms with Crippen LogP contribution < -0.4 is 5.73 Å². The summed E-state index contributed by atoms with van der Waals surface area (Å²) >= 11 is 0. The highest BCUT2D eigenvalue weighted by molar-refractivity contribution is 5.46. The van der Waals surface area contributed by atoms with Crippen LogP contribution in [0.4, 0.5) is 5.69 Å². The molecule has 0 fully saturated rings. The van der Waals surface area contributed by atoms with Gasteiger partial charge in [0.1, 0.15) is 0 Å². The fourth-order valence-electron chi connectivity index (χ4n) is 2.97. The lowest BCUT2D eigenvalue weighted by atomic mass is 9.98. The van der Waals surface area contributed by atoms with Crippen LogP contribution in [-0.2, 0) is 13.1 Å². The molecule has 1 unspecified atom stereocenters. The Labute approximate surface area is 121 Å². The van der Waals surface area contributed by atoms with Crippen molar-refractivity contribution in [1.29, 1.82) is 0 Å². The summed E-state index contributed by atoms with van der Waals surface area (Å²) in [7, 11) is 0. The lowest BCUT2D eigenvalue weighted by molar-refractivity contribution is 0.273. The summed E-state index contributed by atoms with van der Waals surface area (Å²) in [6.45, 7) is 5.57. The van der Waals surface area contributed by atoms with Crippen LogP contribution in [0.2, 0.25) is 0 Å². The zero-order valence-corrected chi connectivity index (χ0v) is 12.0. The molecule has 0 amide bonds. The molecule has 0 saturated heterocycles. The molecule has 104 valence electrons. The van der Waals surface area contributed by atoms with Gasteiger partial charge in [0.25, 0.3) is 0 Å². The highest BCUT2D eigenvalue weighted by atomic mass is 15.1. The number of rotatable bonds is 4. The van der Waals surface area contributed by atoms with Crippen molar-refractivity contribution in [3.63, 3.8) is 0 Å². The molecule has 0 bridgehead atoms. The molecule has 0 aliphatic carbocycles. The largest absolute Gasteiger partial charge is 0.399 e. The molecule has 0 saturated carbocycles. The summed E-state index contributed by atoms with van der Waals surface area (Å²) in [5, 5.41) is 0. The molecule has 20 heavy (non-hydrogen) atoms. The standard InChI is InChI=1S/C18H22N2/c1-14(15-5-3-2-4-6-15)9-10-20-12-16-7-8-18(19)11-17(16)13-20/h2-8,11,14H,9-10,12-13,19H2,1H3. The van der Waals surface area contributed by atoms with E-state index in [9.17, 15) is 0 Å². The summed E-state index contributed by atoms with van der Waals surface area (Å²) in [5.74, 6) is 0.616. The third-order valence-corrected chi connectivity index (χ3v) is 4.27. The molecule has 0 aromatic heterocycles. The predicted molar refractivity (Wildman–Crippen MR) is 84.4 cm³/mol. The second-order valence-corrected chi connectivity index (χ2v) is 5.84. The first-order valence-corrected chi connectivity index (χ1v) is 7.37. The fourth-order valence-corrected chi connectivity index (χ4v) is 2.97. The van der Waals surface area contributed by atoms with Crippen LogP contribution >= 0.6 is 0 Å². The highest BCUT2D eigenvalue weighted by Gasteiger charge is 2.19. The Morgan fingerprint density at radius 1 is 1.05 bits per heavy atom. The topological polar surface area (TPSA) is 29.3 Å². The Balaban J connectivity index is 1.56. The van der Waals surface area contributed by atoms with E-state index in [-0.39, 0.29) is 0 Å². The molecule has 1 aliphatic rings. The Morgan fingerprint density at radius 2 is 1.80 bits per heavy atom. The van der Waals surface area contributed by atoms with Gasteiger partial charge in [-0.25, -0.2) is 0 Å². The van der Waals surface area contributed by atoms with Crippen molar-refractivity contribution >= 4 is 5.69 Å². The Hall–Kier alpha value is -1.80. The van der Waals surface area contributed by atoms with E-state index >= 15 is 0 Å². The van der Waals surface area contributed by atoms with E-state index in [0.29, 0.717) is 5.92 Å². The van der Waals surface area contributed by atoms with Gasteiger partial charge in [0, 0.05) is 18.8 Å². The molecule has 2 nitrogen and oxygen atoms in total. The zero-order valence-electron chi connectivity index (χ0n) is 12.0. The van der Waals surface area contributed by atoms with E-state index in [1.165, 1.54) is 23.1 Å². The predicted octanol–water partition coefficient (Wildman–Crippen LogP) is 3.78. The third kappa shape index (κ3) is 2.86. The van der Waals surface area contributed by atoms with Gasteiger partial charge in [0.05, 0.1) is 0 Å². The normalized spacial score (nSPS) is 16.1. The molecule has 3 rings (SSSR count). The van der Waals surface area contributed by atoms with Gasteiger partial charge >= 0.3 is 0 Å². The van der Waals surface area contributed by atoms with Crippen LogP contribution in [0.1, 0.15) is 36.0 Å². The van der Waals surface area contributed by atoms with Crippen molar-refractivity contribution in [1.82, 2.24) is 4.90 Å².